The first-order valence-corrected chi connectivity index (χ1v) is 28.2. The lowest BCUT2D eigenvalue weighted by molar-refractivity contribution is -0.136. The Morgan fingerprint density at radius 2 is 0.400 bits per heavy atom. The van der Waals surface area contributed by atoms with Crippen LogP contribution in [0, 0.1) is 0 Å². The van der Waals surface area contributed by atoms with E-state index >= 15 is 0 Å². The third-order valence-electron chi connectivity index (χ3n) is 14.0. The van der Waals surface area contributed by atoms with Crippen LogP contribution in [0.25, 0.3) is 0 Å². The standard InChI is InChI=1S/C60H84N12O8/c61-33-17-13-29-45-53(73)69-49(37-41-21-5-1-6-22-41)57(77)65-46(30-14-18-34-62)54(74)70-51(39-43-25-9-3-10-26-43)59(79)67-48(32-16-20-36-64)56(76)72-52(40-44-27-11-4-12-28-44)60(80)68-47(31-15-19-35-63)55(75)71-50(58(78)66-45)38-42-23-7-2-8-24-42/h1-12,21-28,45-52H,13-20,29-40,61-64H2,(H,65,77)(H,66,78)(H,67,79)(H,68,80)(H,69,73)(H,70,74)(H,71,75)(H,72,76)/t45-,46-,47-,48-,49+,50+,51+,52+/m0/s1. The van der Waals surface area contributed by atoms with Gasteiger partial charge in [-0.3, -0.25) is 38.4 Å². The van der Waals surface area contributed by atoms with Crippen LogP contribution >= 0.6 is 0 Å². The van der Waals surface area contributed by atoms with Gasteiger partial charge in [0.2, 0.25) is 47.3 Å². The molecule has 8 atom stereocenters. The number of amides is 8. The summed E-state index contributed by atoms with van der Waals surface area (Å²) in [6, 6.07) is 25.8. The van der Waals surface area contributed by atoms with E-state index in [9.17, 15) is 38.4 Å². The molecule has 432 valence electrons. The first-order chi connectivity index (χ1) is 38.8. The van der Waals surface area contributed by atoms with Crippen LogP contribution < -0.4 is 65.5 Å². The van der Waals surface area contributed by atoms with Crippen LogP contribution in [0.15, 0.2) is 121 Å². The number of hydrogen-bond donors (Lipinski definition) is 12. The van der Waals surface area contributed by atoms with Crippen LogP contribution in [0.3, 0.4) is 0 Å². The molecule has 0 unspecified atom stereocenters. The molecular weight excluding hydrogens is 1020 g/mol. The van der Waals surface area contributed by atoms with Crippen molar-refractivity contribution < 1.29 is 38.4 Å². The molecule has 20 heteroatoms. The number of rotatable bonds is 24. The molecule has 20 nitrogen and oxygen atoms in total. The van der Waals surface area contributed by atoms with E-state index in [0.717, 1.165) is 0 Å². The van der Waals surface area contributed by atoms with E-state index in [1.165, 1.54) is 0 Å². The summed E-state index contributed by atoms with van der Waals surface area (Å²) in [7, 11) is 0. The predicted molar refractivity (Wildman–Crippen MR) is 308 cm³/mol. The lowest BCUT2D eigenvalue weighted by Crippen LogP contribution is -2.62. The minimum Gasteiger partial charge on any atom is -0.343 e. The fourth-order valence-corrected chi connectivity index (χ4v) is 9.46. The molecule has 1 aliphatic rings. The minimum atomic E-state index is -1.28. The van der Waals surface area contributed by atoms with Crippen molar-refractivity contribution >= 4 is 47.3 Å². The largest absolute Gasteiger partial charge is 0.343 e. The zero-order chi connectivity index (χ0) is 57.5. The predicted octanol–water partition coefficient (Wildman–Crippen LogP) is 1.37. The zero-order valence-corrected chi connectivity index (χ0v) is 45.9. The summed E-state index contributed by atoms with van der Waals surface area (Å²) in [6.07, 6.45) is 4.03. The van der Waals surface area contributed by atoms with Gasteiger partial charge in [-0.1, -0.05) is 121 Å². The first-order valence-electron chi connectivity index (χ1n) is 28.2. The average Bonchev–Trinajstić information content (AvgIpc) is 3.47. The number of nitrogens with one attached hydrogen (secondary N) is 8. The van der Waals surface area contributed by atoms with Crippen molar-refractivity contribution in [1.82, 2.24) is 42.5 Å². The van der Waals surface area contributed by atoms with E-state index < -0.39 is 95.6 Å². The Morgan fingerprint density at radius 1 is 0.237 bits per heavy atom. The molecule has 0 aliphatic carbocycles. The lowest BCUT2D eigenvalue weighted by atomic mass is 10.00. The molecule has 1 heterocycles. The van der Waals surface area contributed by atoms with Crippen molar-refractivity contribution in [2.45, 2.75) is 151 Å². The van der Waals surface area contributed by atoms with Gasteiger partial charge in [-0.2, -0.15) is 0 Å². The Morgan fingerprint density at radius 3 is 0.575 bits per heavy atom. The topological polar surface area (TPSA) is 337 Å². The smallest absolute Gasteiger partial charge is 0.243 e. The number of nitrogens with two attached hydrogens (primary N) is 4. The molecule has 5 rings (SSSR count). The highest BCUT2D eigenvalue weighted by molar-refractivity contribution is 5.99. The van der Waals surface area contributed by atoms with Crippen LogP contribution in [-0.4, -0.2) is 122 Å². The van der Waals surface area contributed by atoms with Crippen molar-refractivity contribution in [1.29, 1.82) is 0 Å². The summed E-state index contributed by atoms with van der Waals surface area (Å²) in [5.41, 5.74) is 26.3. The second-order valence-electron chi connectivity index (χ2n) is 20.4. The van der Waals surface area contributed by atoms with Crippen molar-refractivity contribution in [2.75, 3.05) is 26.2 Å². The van der Waals surface area contributed by atoms with Gasteiger partial charge in [0, 0.05) is 25.7 Å². The highest BCUT2D eigenvalue weighted by atomic mass is 16.2. The van der Waals surface area contributed by atoms with Gasteiger partial charge in [-0.25, -0.2) is 0 Å². The van der Waals surface area contributed by atoms with Gasteiger partial charge < -0.3 is 65.5 Å². The van der Waals surface area contributed by atoms with Crippen molar-refractivity contribution in [3.63, 3.8) is 0 Å². The van der Waals surface area contributed by atoms with Gasteiger partial charge in [-0.15, -0.1) is 0 Å². The maximum Gasteiger partial charge on any atom is 0.243 e. The van der Waals surface area contributed by atoms with Crippen LogP contribution in [0.1, 0.15) is 99.3 Å². The summed E-state index contributed by atoms with van der Waals surface area (Å²) in [6.45, 7) is 1.21. The SMILES string of the molecule is NCCCC[C@@H]1NC(=O)[C@@H](Cc2ccccc2)NC(=O)[C@H](CCCCN)NC(=O)[C@@H](Cc2ccccc2)NC(=O)[C@H](CCCCN)NC(=O)[C@@H](Cc2ccccc2)NC(=O)[C@H](CCCCN)NC(=O)[C@@H](Cc2ccccc2)NC1=O. The monoisotopic (exact) mass is 1100 g/mol. The fourth-order valence-electron chi connectivity index (χ4n) is 9.46. The molecule has 16 N–H and O–H groups in total. The number of carbonyl (C=O) groups is 8. The normalized spacial score (nSPS) is 22.2. The van der Waals surface area contributed by atoms with E-state index in [4.69, 9.17) is 22.9 Å². The Kier molecular flexibility index (Phi) is 27.8. The van der Waals surface area contributed by atoms with Crippen molar-refractivity contribution in [3.05, 3.63) is 144 Å². The molecular formula is C60H84N12O8. The quantitative estimate of drug-likeness (QED) is 0.0443. The van der Waals surface area contributed by atoms with E-state index in [1.807, 2.05) is 24.3 Å². The van der Waals surface area contributed by atoms with E-state index in [-0.39, 0.29) is 51.4 Å². The molecule has 80 heavy (non-hydrogen) atoms. The van der Waals surface area contributed by atoms with Gasteiger partial charge in [0.05, 0.1) is 0 Å². The number of carbonyl (C=O) groups excluding carboxylic acids is 8. The van der Waals surface area contributed by atoms with Gasteiger partial charge >= 0.3 is 0 Å². The Bertz CT molecular complexity index is 2200. The molecule has 0 saturated carbocycles. The highest BCUT2D eigenvalue weighted by Crippen LogP contribution is 2.14. The molecule has 0 bridgehead atoms. The van der Waals surface area contributed by atoms with Gasteiger partial charge in [0.15, 0.2) is 0 Å². The van der Waals surface area contributed by atoms with Crippen LogP contribution in [0.2, 0.25) is 0 Å². The number of unbranched alkanes of at least 4 members (excludes halogenated alkanes) is 4. The Hall–Kier alpha value is -7.52. The second kappa shape index (κ2) is 35.2. The molecule has 1 saturated heterocycles. The zero-order valence-electron chi connectivity index (χ0n) is 45.9. The summed E-state index contributed by atoms with van der Waals surface area (Å²) in [5, 5.41) is 23.0. The van der Waals surface area contributed by atoms with Gasteiger partial charge in [0.1, 0.15) is 48.3 Å². The van der Waals surface area contributed by atoms with Crippen LogP contribution in [0.5, 0.6) is 0 Å². The molecule has 4 aromatic carbocycles. The fraction of sp³-hybridized carbons (Fsp3) is 0.467. The summed E-state index contributed by atoms with van der Waals surface area (Å²) >= 11 is 0. The molecule has 8 amide bonds. The molecule has 0 radical (unpaired) electrons. The number of hydrogen-bond acceptors (Lipinski definition) is 12. The Balaban J connectivity index is 1.64. The third-order valence-corrected chi connectivity index (χ3v) is 14.0. The van der Waals surface area contributed by atoms with Crippen molar-refractivity contribution in [2.24, 2.45) is 22.9 Å². The molecule has 4 aromatic rings. The third kappa shape index (κ3) is 22.0. The van der Waals surface area contributed by atoms with Gasteiger partial charge in [0.25, 0.3) is 0 Å². The molecule has 1 aliphatic heterocycles. The maximum absolute atomic E-state index is 14.8. The van der Waals surface area contributed by atoms with Crippen LogP contribution in [0.4, 0.5) is 0 Å². The van der Waals surface area contributed by atoms with E-state index in [0.29, 0.717) is 99.8 Å². The maximum atomic E-state index is 14.8. The van der Waals surface area contributed by atoms with E-state index in [1.54, 1.807) is 97.1 Å². The van der Waals surface area contributed by atoms with Crippen LogP contribution in [-0.2, 0) is 64.0 Å². The lowest BCUT2D eigenvalue weighted by Gasteiger charge is -2.29. The first kappa shape index (κ1) is 63.3. The van der Waals surface area contributed by atoms with E-state index in [2.05, 4.69) is 42.5 Å². The summed E-state index contributed by atoms with van der Waals surface area (Å²) < 4.78 is 0. The average molecular weight is 1100 g/mol. The number of benzene rings is 4. The van der Waals surface area contributed by atoms with Gasteiger partial charge in [-0.05, 0) is 125 Å². The minimum absolute atomic E-state index is 0.0121. The van der Waals surface area contributed by atoms with Crippen molar-refractivity contribution in [3.8, 4) is 0 Å². The summed E-state index contributed by atoms with van der Waals surface area (Å²) in [5.74, 6) is -5.64. The molecule has 0 spiro atoms. The highest BCUT2D eigenvalue weighted by Gasteiger charge is 2.36. The molecule has 0 aromatic heterocycles. The Labute approximate surface area is 470 Å². The summed E-state index contributed by atoms with van der Waals surface area (Å²) in [4.78, 5) is 118. The molecule has 1 fully saturated rings. The second-order valence-corrected chi connectivity index (χ2v) is 20.4.